The van der Waals surface area contributed by atoms with Gasteiger partial charge in [-0.25, -0.2) is 9.97 Å². The number of carbonyl (C=O) groups excluding carboxylic acids is 1. The van der Waals surface area contributed by atoms with Gasteiger partial charge in [-0.05, 0) is 49.3 Å². The predicted octanol–water partition coefficient (Wildman–Crippen LogP) is 3.99. The van der Waals surface area contributed by atoms with Crippen molar-refractivity contribution in [1.82, 2.24) is 19.7 Å². The van der Waals surface area contributed by atoms with Gasteiger partial charge in [0.05, 0.1) is 16.4 Å². The van der Waals surface area contributed by atoms with Gasteiger partial charge in [0.15, 0.2) is 5.13 Å². The minimum atomic E-state index is -0.512. The second-order valence-electron chi connectivity index (χ2n) is 9.19. The lowest BCUT2D eigenvalue weighted by Gasteiger charge is -2.57. The monoisotopic (exact) mass is 460 g/mol. The van der Waals surface area contributed by atoms with E-state index in [2.05, 4.69) is 33.6 Å². The van der Waals surface area contributed by atoms with E-state index < -0.39 is 5.91 Å². The average molecular weight is 461 g/mol. The van der Waals surface area contributed by atoms with Crippen LogP contribution < -0.4 is 15.8 Å². The molecule has 9 heteroatoms. The summed E-state index contributed by atoms with van der Waals surface area (Å²) in [6, 6.07) is 10.1. The second-order valence-corrected chi connectivity index (χ2v) is 10.2. The first-order valence-electron chi connectivity index (χ1n) is 11.0. The molecule has 4 aromatic rings. The van der Waals surface area contributed by atoms with Crippen molar-refractivity contribution in [3.8, 4) is 17.0 Å². The SMILES string of the molecule is Cn1cc(-c2cccc3sc(N[C@H]4CC5(C4)C[C@H](Oc4ncccc4C(N)=O)C5)nc23)cn1. The summed E-state index contributed by atoms with van der Waals surface area (Å²) in [6.07, 6.45) is 9.76. The van der Waals surface area contributed by atoms with Gasteiger partial charge in [-0.15, -0.1) is 0 Å². The zero-order valence-electron chi connectivity index (χ0n) is 18.2. The zero-order chi connectivity index (χ0) is 22.6. The third kappa shape index (κ3) is 3.62. The van der Waals surface area contributed by atoms with Crippen LogP contribution in [-0.4, -0.2) is 37.8 Å². The molecular weight excluding hydrogens is 436 g/mol. The molecule has 0 aliphatic heterocycles. The molecule has 3 N–H and O–H groups in total. The number of rotatable bonds is 6. The largest absolute Gasteiger partial charge is 0.474 e. The Labute approximate surface area is 194 Å². The molecule has 3 heterocycles. The van der Waals surface area contributed by atoms with Gasteiger partial charge in [-0.1, -0.05) is 23.5 Å². The maximum Gasteiger partial charge on any atom is 0.254 e. The van der Waals surface area contributed by atoms with Crippen molar-refractivity contribution in [2.45, 2.75) is 37.8 Å². The molecule has 3 aromatic heterocycles. The van der Waals surface area contributed by atoms with Crippen LogP contribution in [0.1, 0.15) is 36.0 Å². The number of carbonyl (C=O) groups is 1. The van der Waals surface area contributed by atoms with E-state index in [0.717, 1.165) is 47.5 Å². The van der Waals surface area contributed by atoms with Gasteiger partial charge in [0, 0.05) is 36.6 Å². The zero-order valence-corrected chi connectivity index (χ0v) is 19.0. The Morgan fingerprint density at radius 2 is 2.09 bits per heavy atom. The third-order valence-corrected chi connectivity index (χ3v) is 7.71. The van der Waals surface area contributed by atoms with Gasteiger partial charge < -0.3 is 15.8 Å². The molecule has 0 unspecified atom stereocenters. The van der Waals surface area contributed by atoms with E-state index in [0.29, 0.717) is 22.9 Å². The number of hydrogen-bond acceptors (Lipinski definition) is 7. The number of nitrogens with two attached hydrogens (primary N) is 1. The molecule has 1 aromatic carbocycles. The molecule has 0 radical (unpaired) electrons. The predicted molar refractivity (Wildman–Crippen MR) is 127 cm³/mol. The molecule has 2 saturated carbocycles. The third-order valence-electron chi connectivity index (χ3n) is 6.76. The summed E-state index contributed by atoms with van der Waals surface area (Å²) in [4.78, 5) is 20.7. The van der Waals surface area contributed by atoms with Crippen molar-refractivity contribution in [3.05, 3.63) is 54.5 Å². The highest BCUT2D eigenvalue weighted by Crippen LogP contribution is 2.57. The quantitative estimate of drug-likeness (QED) is 0.450. The highest BCUT2D eigenvalue weighted by atomic mass is 32.1. The summed E-state index contributed by atoms with van der Waals surface area (Å²) in [5, 5.41) is 8.90. The highest BCUT2D eigenvalue weighted by Gasteiger charge is 2.54. The fourth-order valence-electron chi connectivity index (χ4n) is 5.22. The average Bonchev–Trinajstić information content (AvgIpc) is 3.36. The van der Waals surface area contributed by atoms with Gasteiger partial charge in [-0.3, -0.25) is 9.48 Å². The molecule has 2 aliphatic carbocycles. The number of fused-ring (bicyclic) bond motifs is 1. The number of benzene rings is 1. The lowest BCUT2D eigenvalue weighted by Crippen LogP contribution is -2.56. The fraction of sp³-hybridized carbons (Fsp3) is 0.333. The summed E-state index contributed by atoms with van der Waals surface area (Å²) >= 11 is 1.70. The van der Waals surface area contributed by atoms with Crippen molar-refractivity contribution >= 4 is 32.6 Å². The number of thiazole rings is 1. The summed E-state index contributed by atoms with van der Waals surface area (Å²) in [7, 11) is 1.92. The molecule has 0 atom stereocenters. The Morgan fingerprint density at radius 1 is 1.24 bits per heavy atom. The number of nitrogens with zero attached hydrogens (tertiary/aromatic N) is 4. The standard InChI is InChI=1S/C24H24N6O2S/c1-30-13-14(12-27-30)17-4-2-6-19-20(17)29-23(33-19)28-15-8-24(9-15)10-16(11-24)32-22-18(21(25)31)5-3-7-26-22/h2-7,12-13,15-16H,8-11H2,1H3,(H2,25,31)(H,28,29)/t15-,16-,24?. The van der Waals surface area contributed by atoms with Gasteiger partial charge in [-0.2, -0.15) is 5.10 Å². The van der Waals surface area contributed by atoms with Gasteiger partial charge in [0.1, 0.15) is 11.7 Å². The number of amides is 1. The maximum absolute atomic E-state index is 11.6. The number of hydrogen-bond donors (Lipinski definition) is 2. The van der Waals surface area contributed by atoms with E-state index in [1.807, 2.05) is 24.1 Å². The first kappa shape index (κ1) is 20.2. The van der Waals surface area contributed by atoms with Crippen molar-refractivity contribution in [2.24, 2.45) is 18.2 Å². The van der Waals surface area contributed by atoms with E-state index >= 15 is 0 Å². The summed E-state index contributed by atoms with van der Waals surface area (Å²) in [5.41, 5.74) is 9.30. The Morgan fingerprint density at radius 3 is 2.85 bits per heavy atom. The number of pyridine rings is 1. The number of para-hydroxylation sites is 1. The lowest BCUT2D eigenvalue weighted by atomic mass is 9.53. The molecule has 1 amide bonds. The van der Waals surface area contributed by atoms with E-state index in [-0.39, 0.29) is 6.10 Å². The van der Waals surface area contributed by atoms with Gasteiger partial charge in [0.25, 0.3) is 5.91 Å². The van der Waals surface area contributed by atoms with Crippen LogP contribution >= 0.6 is 11.3 Å². The number of aryl methyl sites for hydroxylation is 1. The Bertz CT molecular complexity index is 1350. The first-order valence-corrected chi connectivity index (χ1v) is 11.9. The van der Waals surface area contributed by atoms with Crippen LogP contribution in [0.15, 0.2) is 48.9 Å². The maximum atomic E-state index is 11.6. The summed E-state index contributed by atoms with van der Waals surface area (Å²) in [5.74, 6) is -0.166. The van der Waals surface area contributed by atoms with E-state index in [4.69, 9.17) is 15.5 Å². The molecule has 1 spiro atoms. The number of nitrogens with one attached hydrogen (secondary N) is 1. The van der Waals surface area contributed by atoms with Crippen molar-refractivity contribution in [3.63, 3.8) is 0 Å². The molecule has 2 aliphatic rings. The molecule has 0 bridgehead atoms. The molecule has 33 heavy (non-hydrogen) atoms. The summed E-state index contributed by atoms with van der Waals surface area (Å²) < 4.78 is 8.96. The molecule has 0 saturated heterocycles. The first-order chi connectivity index (χ1) is 16.0. The number of anilines is 1. The molecule has 168 valence electrons. The Kier molecular flexibility index (Phi) is 4.62. The van der Waals surface area contributed by atoms with Crippen LogP contribution in [-0.2, 0) is 7.05 Å². The van der Waals surface area contributed by atoms with E-state index in [1.165, 1.54) is 4.70 Å². The van der Waals surface area contributed by atoms with Gasteiger partial charge in [0.2, 0.25) is 5.88 Å². The van der Waals surface area contributed by atoms with Crippen LogP contribution in [0.3, 0.4) is 0 Å². The van der Waals surface area contributed by atoms with E-state index in [1.54, 1.807) is 29.7 Å². The van der Waals surface area contributed by atoms with Crippen LogP contribution in [0.5, 0.6) is 5.88 Å². The van der Waals surface area contributed by atoms with Crippen LogP contribution in [0.4, 0.5) is 5.13 Å². The van der Waals surface area contributed by atoms with Gasteiger partial charge >= 0.3 is 0 Å². The smallest absolute Gasteiger partial charge is 0.254 e. The highest BCUT2D eigenvalue weighted by molar-refractivity contribution is 7.22. The Balaban J connectivity index is 1.08. The van der Waals surface area contributed by atoms with Crippen LogP contribution in [0.2, 0.25) is 0 Å². The fourth-order valence-corrected chi connectivity index (χ4v) is 6.19. The molecule has 2 fully saturated rings. The minimum Gasteiger partial charge on any atom is -0.474 e. The number of aromatic nitrogens is 4. The molecule has 6 rings (SSSR count). The van der Waals surface area contributed by atoms with Crippen molar-refractivity contribution in [1.29, 1.82) is 0 Å². The Hall–Kier alpha value is -3.46. The van der Waals surface area contributed by atoms with Crippen LogP contribution in [0, 0.1) is 5.41 Å². The normalized spacial score (nSPS) is 23.8. The topological polar surface area (TPSA) is 108 Å². The number of primary amides is 1. The minimum absolute atomic E-state index is 0.0865. The van der Waals surface area contributed by atoms with Crippen molar-refractivity contribution < 1.29 is 9.53 Å². The molecule has 8 nitrogen and oxygen atoms in total. The number of ether oxygens (including phenoxy) is 1. The van der Waals surface area contributed by atoms with Crippen molar-refractivity contribution in [2.75, 3.05) is 5.32 Å². The molecular formula is C24H24N6O2S. The van der Waals surface area contributed by atoms with Crippen LogP contribution in [0.25, 0.3) is 21.3 Å². The lowest BCUT2D eigenvalue weighted by molar-refractivity contribution is -0.0759. The summed E-state index contributed by atoms with van der Waals surface area (Å²) in [6.45, 7) is 0. The van der Waals surface area contributed by atoms with E-state index in [9.17, 15) is 4.79 Å². The second kappa shape index (κ2) is 7.55.